The molecule has 20 heavy (non-hydrogen) atoms. The predicted octanol–water partition coefficient (Wildman–Crippen LogP) is 1.42. The molecule has 0 aliphatic rings. The molecule has 0 spiro atoms. The zero-order valence-electron chi connectivity index (χ0n) is 12.6. The first-order chi connectivity index (χ1) is 9.38. The molecule has 1 aromatic heterocycles. The molecule has 0 aliphatic carbocycles. The average Bonchev–Trinajstić information content (AvgIpc) is 2.38. The molecule has 0 saturated carbocycles. The molecule has 3 N–H and O–H groups in total. The topological polar surface area (TPSA) is 92.3 Å². The molecule has 1 heterocycles. The molecule has 0 aliphatic heterocycles. The minimum absolute atomic E-state index is 0.0194. The molecule has 6 nitrogen and oxygen atoms in total. The van der Waals surface area contributed by atoms with E-state index in [1.807, 2.05) is 27.7 Å². The second-order valence-corrected chi connectivity index (χ2v) is 5.36. The maximum Gasteiger partial charge on any atom is 0.274 e. The Kier molecular flexibility index (Phi) is 5.88. The smallest absolute Gasteiger partial charge is 0.274 e. The highest BCUT2D eigenvalue weighted by Gasteiger charge is 2.23. The number of aliphatic hydroxyl groups excluding tert-OH is 1. The van der Waals surface area contributed by atoms with E-state index in [-0.39, 0.29) is 35.9 Å². The van der Waals surface area contributed by atoms with Crippen LogP contribution in [0.2, 0.25) is 0 Å². The fourth-order valence-corrected chi connectivity index (χ4v) is 1.83. The van der Waals surface area contributed by atoms with Crippen LogP contribution in [0.1, 0.15) is 56.3 Å². The first-order valence-electron chi connectivity index (χ1n) is 6.92. The Labute approximate surface area is 120 Å². The Bertz CT molecular complexity index is 460. The van der Waals surface area contributed by atoms with Gasteiger partial charge in [0.1, 0.15) is 5.82 Å². The lowest BCUT2D eigenvalue weighted by molar-refractivity contribution is 0.0687. The quantitative estimate of drug-likeness (QED) is 0.822. The number of nitrogens with two attached hydrogens (primary N) is 1. The van der Waals surface area contributed by atoms with Crippen molar-refractivity contribution >= 4 is 11.6 Å². The van der Waals surface area contributed by atoms with Crippen LogP contribution in [0.5, 0.6) is 0 Å². The van der Waals surface area contributed by atoms with Gasteiger partial charge in [-0.3, -0.25) is 4.79 Å². The maximum absolute atomic E-state index is 12.6. The Morgan fingerprint density at radius 2 is 2.05 bits per heavy atom. The van der Waals surface area contributed by atoms with Crippen LogP contribution in [0.4, 0.5) is 5.69 Å². The van der Waals surface area contributed by atoms with E-state index in [4.69, 9.17) is 10.8 Å². The van der Waals surface area contributed by atoms with Gasteiger partial charge in [0.2, 0.25) is 0 Å². The van der Waals surface area contributed by atoms with Crippen LogP contribution in [0.15, 0.2) is 6.20 Å². The molecule has 0 fully saturated rings. The summed E-state index contributed by atoms with van der Waals surface area (Å²) in [5.41, 5.74) is 6.37. The predicted molar refractivity (Wildman–Crippen MR) is 78.4 cm³/mol. The van der Waals surface area contributed by atoms with Gasteiger partial charge in [-0.2, -0.15) is 0 Å². The number of carbonyl (C=O) groups is 1. The summed E-state index contributed by atoms with van der Waals surface area (Å²) in [5.74, 6) is 0.524. The van der Waals surface area contributed by atoms with E-state index >= 15 is 0 Å². The van der Waals surface area contributed by atoms with Gasteiger partial charge in [-0.15, -0.1) is 0 Å². The zero-order valence-corrected chi connectivity index (χ0v) is 12.6. The van der Waals surface area contributed by atoms with Crippen LogP contribution >= 0.6 is 0 Å². The lowest BCUT2D eigenvalue weighted by Gasteiger charge is -2.26. The monoisotopic (exact) mass is 280 g/mol. The van der Waals surface area contributed by atoms with E-state index < -0.39 is 0 Å². The third-order valence-electron chi connectivity index (χ3n) is 3.00. The molecule has 0 unspecified atom stereocenters. The van der Waals surface area contributed by atoms with Crippen LogP contribution < -0.4 is 5.73 Å². The summed E-state index contributed by atoms with van der Waals surface area (Å²) in [7, 11) is 0. The van der Waals surface area contributed by atoms with Crippen molar-refractivity contribution in [2.45, 2.75) is 46.1 Å². The molecule has 0 saturated heterocycles. The number of hydrogen-bond acceptors (Lipinski definition) is 5. The summed E-state index contributed by atoms with van der Waals surface area (Å²) in [6.07, 6.45) is 2.02. The Hall–Kier alpha value is -1.69. The van der Waals surface area contributed by atoms with E-state index in [0.717, 1.165) is 0 Å². The van der Waals surface area contributed by atoms with Crippen molar-refractivity contribution < 1.29 is 9.90 Å². The van der Waals surface area contributed by atoms with Crippen LogP contribution in [0.3, 0.4) is 0 Å². The Morgan fingerprint density at radius 1 is 1.40 bits per heavy atom. The molecule has 6 heteroatoms. The standard InChI is InChI=1S/C14H24N4O2/c1-9(2)13-16-8-11(15)12(17-13)14(20)18(10(3)4)6-5-7-19/h8-10,19H,5-7,15H2,1-4H3. The number of rotatable bonds is 6. The van der Waals surface area contributed by atoms with Gasteiger partial charge in [0.15, 0.2) is 5.69 Å². The molecule has 0 aromatic carbocycles. The minimum atomic E-state index is -0.213. The van der Waals surface area contributed by atoms with Crippen LogP contribution in [-0.2, 0) is 0 Å². The number of nitrogens with zero attached hydrogens (tertiary/aromatic N) is 3. The number of aliphatic hydroxyl groups is 1. The molecule has 0 atom stereocenters. The number of aromatic nitrogens is 2. The van der Waals surface area contributed by atoms with Gasteiger partial charge in [0, 0.05) is 25.1 Å². The van der Waals surface area contributed by atoms with Gasteiger partial charge in [-0.25, -0.2) is 9.97 Å². The van der Waals surface area contributed by atoms with Crippen LogP contribution in [0, 0.1) is 0 Å². The third kappa shape index (κ3) is 3.90. The van der Waals surface area contributed by atoms with Crippen molar-refractivity contribution in [1.29, 1.82) is 0 Å². The molecule has 112 valence electrons. The summed E-state index contributed by atoms with van der Waals surface area (Å²) in [5, 5.41) is 8.93. The normalized spacial score (nSPS) is 11.2. The SMILES string of the molecule is CC(C)c1ncc(N)c(C(=O)N(CCCO)C(C)C)n1. The molecule has 0 radical (unpaired) electrons. The van der Waals surface area contributed by atoms with Crippen molar-refractivity contribution in [2.24, 2.45) is 0 Å². The minimum Gasteiger partial charge on any atom is -0.396 e. The molecule has 1 aromatic rings. The van der Waals surface area contributed by atoms with E-state index in [9.17, 15) is 4.79 Å². The van der Waals surface area contributed by atoms with Gasteiger partial charge >= 0.3 is 0 Å². The highest BCUT2D eigenvalue weighted by atomic mass is 16.3. The van der Waals surface area contributed by atoms with Crippen molar-refractivity contribution in [3.05, 3.63) is 17.7 Å². The van der Waals surface area contributed by atoms with E-state index in [1.165, 1.54) is 6.20 Å². The number of hydrogen-bond donors (Lipinski definition) is 2. The molecule has 1 rings (SSSR count). The number of nitrogen functional groups attached to an aromatic ring is 1. The number of amides is 1. The Balaban J connectivity index is 3.07. The first kappa shape index (κ1) is 16.4. The van der Waals surface area contributed by atoms with E-state index in [0.29, 0.717) is 18.8 Å². The fraction of sp³-hybridized carbons (Fsp3) is 0.643. The highest BCUT2D eigenvalue weighted by molar-refractivity contribution is 5.97. The molecular formula is C14H24N4O2. The maximum atomic E-state index is 12.6. The molecule has 0 bridgehead atoms. The molecular weight excluding hydrogens is 256 g/mol. The molecule has 1 amide bonds. The van der Waals surface area contributed by atoms with E-state index in [1.54, 1.807) is 4.90 Å². The van der Waals surface area contributed by atoms with Gasteiger partial charge in [0.05, 0.1) is 11.9 Å². The van der Waals surface area contributed by atoms with Crippen molar-refractivity contribution in [1.82, 2.24) is 14.9 Å². The van der Waals surface area contributed by atoms with Gasteiger partial charge in [-0.05, 0) is 20.3 Å². The second-order valence-electron chi connectivity index (χ2n) is 5.36. The summed E-state index contributed by atoms with van der Waals surface area (Å²) in [4.78, 5) is 22.7. The van der Waals surface area contributed by atoms with Crippen LogP contribution in [-0.4, -0.2) is 45.1 Å². The number of anilines is 1. The summed E-state index contributed by atoms with van der Waals surface area (Å²) >= 11 is 0. The van der Waals surface area contributed by atoms with Crippen molar-refractivity contribution in [3.8, 4) is 0 Å². The fourth-order valence-electron chi connectivity index (χ4n) is 1.83. The summed E-state index contributed by atoms with van der Waals surface area (Å²) < 4.78 is 0. The van der Waals surface area contributed by atoms with Crippen molar-refractivity contribution in [2.75, 3.05) is 18.9 Å². The second kappa shape index (κ2) is 7.19. The first-order valence-corrected chi connectivity index (χ1v) is 6.92. The number of carbonyl (C=O) groups excluding carboxylic acids is 1. The lowest BCUT2D eigenvalue weighted by atomic mass is 10.2. The van der Waals surface area contributed by atoms with Gasteiger partial charge in [-0.1, -0.05) is 13.8 Å². The Morgan fingerprint density at radius 3 is 2.55 bits per heavy atom. The summed E-state index contributed by atoms with van der Waals surface area (Å²) in [6.45, 7) is 8.31. The average molecular weight is 280 g/mol. The zero-order chi connectivity index (χ0) is 15.3. The largest absolute Gasteiger partial charge is 0.396 e. The lowest BCUT2D eigenvalue weighted by Crippen LogP contribution is -2.39. The van der Waals surface area contributed by atoms with Crippen molar-refractivity contribution in [3.63, 3.8) is 0 Å². The van der Waals surface area contributed by atoms with Gasteiger partial charge < -0.3 is 15.7 Å². The highest BCUT2D eigenvalue weighted by Crippen LogP contribution is 2.16. The summed E-state index contributed by atoms with van der Waals surface area (Å²) in [6, 6.07) is 0.0194. The third-order valence-corrected chi connectivity index (χ3v) is 3.00. The van der Waals surface area contributed by atoms with Crippen LogP contribution in [0.25, 0.3) is 0 Å². The van der Waals surface area contributed by atoms with E-state index in [2.05, 4.69) is 9.97 Å². The van der Waals surface area contributed by atoms with Gasteiger partial charge in [0.25, 0.3) is 5.91 Å².